The molecular weight excluding hydrogens is 200 g/mol. The number of ketones is 1. The highest BCUT2D eigenvalue weighted by atomic mass is 32.1. The van der Waals surface area contributed by atoms with Gasteiger partial charge in [0, 0.05) is 24.9 Å². The average Bonchev–Trinajstić information content (AvgIpc) is 2.72. The molecule has 0 aliphatic carbocycles. The Bertz CT molecular complexity index is 294. The minimum Gasteiger partial charge on any atom is -0.375 e. The number of carbonyl (C=O) groups is 1. The maximum Gasteiger partial charge on any atom is 0.184 e. The van der Waals surface area contributed by atoms with E-state index >= 15 is 0 Å². The zero-order chi connectivity index (χ0) is 9.80. The summed E-state index contributed by atoms with van der Waals surface area (Å²) in [6.45, 7) is 2.33. The van der Waals surface area contributed by atoms with Gasteiger partial charge in [-0.05, 0) is 0 Å². The van der Waals surface area contributed by atoms with Crippen LogP contribution in [-0.2, 0) is 4.74 Å². The van der Waals surface area contributed by atoms with Crippen LogP contribution in [0.25, 0.3) is 0 Å². The van der Waals surface area contributed by atoms with Crippen molar-refractivity contribution in [2.75, 3.05) is 19.7 Å². The number of nitrogens with zero attached hydrogens (tertiary/aromatic N) is 1. The normalized spacial score (nSPS) is 22.1. The Hall–Kier alpha value is -0.780. The SMILES string of the molecule is O=C(CC1CNCCO1)c1cscn1. The first-order chi connectivity index (χ1) is 6.86. The van der Waals surface area contributed by atoms with E-state index in [2.05, 4.69) is 10.3 Å². The number of hydrogen-bond donors (Lipinski definition) is 1. The van der Waals surface area contributed by atoms with Crippen LogP contribution in [0.4, 0.5) is 0 Å². The predicted octanol–water partition coefficient (Wildman–Crippen LogP) is 0.704. The topological polar surface area (TPSA) is 51.2 Å². The van der Waals surface area contributed by atoms with Crippen LogP contribution in [0.2, 0.25) is 0 Å². The Balaban J connectivity index is 1.87. The van der Waals surface area contributed by atoms with Crippen molar-refractivity contribution in [2.24, 2.45) is 0 Å². The van der Waals surface area contributed by atoms with Crippen LogP contribution < -0.4 is 5.32 Å². The summed E-state index contributed by atoms with van der Waals surface area (Å²) >= 11 is 1.44. The molecule has 5 heteroatoms. The highest BCUT2D eigenvalue weighted by Crippen LogP contribution is 2.09. The Morgan fingerprint density at radius 2 is 2.71 bits per heavy atom. The van der Waals surface area contributed by atoms with Crippen molar-refractivity contribution in [1.29, 1.82) is 0 Å². The summed E-state index contributed by atoms with van der Waals surface area (Å²) < 4.78 is 5.44. The van der Waals surface area contributed by atoms with Crippen LogP contribution in [0.5, 0.6) is 0 Å². The third kappa shape index (κ3) is 2.37. The zero-order valence-corrected chi connectivity index (χ0v) is 8.55. The molecule has 0 amide bonds. The van der Waals surface area contributed by atoms with Crippen LogP contribution in [0.3, 0.4) is 0 Å². The molecule has 2 rings (SSSR count). The quantitative estimate of drug-likeness (QED) is 0.749. The summed E-state index contributed by atoms with van der Waals surface area (Å²) in [6, 6.07) is 0. The maximum atomic E-state index is 11.6. The fraction of sp³-hybridized carbons (Fsp3) is 0.556. The third-order valence-electron chi connectivity index (χ3n) is 2.14. The van der Waals surface area contributed by atoms with E-state index in [9.17, 15) is 4.79 Å². The number of Topliss-reactive ketones (excluding diaryl/α,β-unsaturated/α-hetero) is 1. The number of aromatic nitrogens is 1. The van der Waals surface area contributed by atoms with Gasteiger partial charge in [-0.25, -0.2) is 4.98 Å². The molecule has 1 aliphatic rings. The van der Waals surface area contributed by atoms with Crippen LogP contribution in [0.1, 0.15) is 16.9 Å². The van der Waals surface area contributed by atoms with Gasteiger partial charge in [-0.1, -0.05) is 0 Å². The van der Waals surface area contributed by atoms with Gasteiger partial charge in [-0.15, -0.1) is 11.3 Å². The summed E-state index contributed by atoms with van der Waals surface area (Å²) in [5.74, 6) is 0.0694. The molecule has 1 unspecified atom stereocenters. The fourth-order valence-corrected chi connectivity index (χ4v) is 1.97. The van der Waals surface area contributed by atoms with Crippen molar-refractivity contribution in [3.8, 4) is 0 Å². The molecular formula is C9H12N2O2S. The van der Waals surface area contributed by atoms with E-state index < -0.39 is 0 Å². The van der Waals surface area contributed by atoms with Gasteiger partial charge in [-0.2, -0.15) is 0 Å². The molecule has 1 aromatic rings. The number of ether oxygens (including phenoxy) is 1. The van der Waals surface area contributed by atoms with Crippen molar-refractivity contribution in [3.05, 3.63) is 16.6 Å². The largest absolute Gasteiger partial charge is 0.375 e. The van der Waals surface area contributed by atoms with Gasteiger partial charge in [-0.3, -0.25) is 4.79 Å². The second kappa shape index (κ2) is 4.63. The molecule has 76 valence electrons. The van der Waals surface area contributed by atoms with Crippen molar-refractivity contribution in [1.82, 2.24) is 10.3 Å². The number of carbonyl (C=O) groups excluding carboxylic acids is 1. The van der Waals surface area contributed by atoms with Gasteiger partial charge in [0.15, 0.2) is 5.78 Å². The van der Waals surface area contributed by atoms with E-state index in [0.717, 1.165) is 13.1 Å². The summed E-state index contributed by atoms with van der Waals surface area (Å²) in [7, 11) is 0. The average molecular weight is 212 g/mol. The van der Waals surface area contributed by atoms with Gasteiger partial charge >= 0.3 is 0 Å². The molecule has 0 spiro atoms. The van der Waals surface area contributed by atoms with Gasteiger partial charge in [0.25, 0.3) is 0 Å². The molecule has 0 radical (unpaired) electrons. The zero-order valence-electron chi connectivity index (χ0n) is 7.73. The first kappa shape index (κ1) is 9.76. The molecule has 1 aliphatic heterocycles. The second-order valence-electron chi connectivity index (χ2n) is 3.20. The Kier molecular flexibility index (Phi) is 3.23. The number of hydrogen-bond acceptors (Lipinski definition) is 5. The molecule has 1 N–H and O–H groups in total. The van der Waals surface area contributed by atoms with Crippen molar-refractivity contribution in [3.63, 3.8) is 0 Å². The molecule has 0 saturated carbocycles. The lowest BCUT2D eigenvalue weighted by Gasteiger charge is -2.22. The lowest BCUT2D eigenvalue weighted by Crippen LogP contribution is -2.39. The van der Waals surface area contributed by atoms with Gasteiger partial charge in [0.05, 0.1) is 18.2 Å². The minimum atomic E-state index is 0.0120. The predicted molar refractivity (Wildman–Crippen MR) is 53.7 cm³/mol. The van der Waals surface area contributed by atoms with Crippen LogP contribution >= 0.6 is 11.3 Å². The molecule has 0 bridgehead atoms. The molecule has 0 aromatic carbocycles. The maximum absolute atomic E-state index is 11.6. The molecule has 2 heterocycles. The Morgan fingerprint density at radius 1 is 1.79 bits per heavy atom. The summed E-state index contributed by atoms with van der Waals surface area (Å²) in [5.41, 5.74) is 2.23. The fourth-order valence-electron chi connectivity index (χ4n) is 1.41. The van der Waals surface area contributed by atoms with E-state index in [1.165, 1.54) is 11.3 Å². The van der Waals surface area contributed by atoms with Crippen molar-refractivity contribution < 1.29 is 9.53 Å². The summed E-state index contributed by atoms with van der Waals surface area (Å²) in [5, 5.41) is 4.97. The van der Waals surface area contributed by atoms with Crippen LogP contribution in [-0.4, -0.2) is 36.6 Å². The molecule has 1 aromatic heterocycles. The molecule has 14 heavy (non-hydrogen) atoms. The van der Waals surface area contributed by atoms with Gasteiger partial charge < -0.3 is 10.1 Å². The smallest absolute Gasteiger partial charge is 0.184 e. The standard InChI is InChI=1S/C9H12N2O2S/c12-9(8-5-14-6-11-8)3-7-4-10-1-2-13-7/h5-7,10H,1-4H2. The molecule has 1 saturated heterocycles. The summed E-state index contributed by atoms with van der Waals surface area (Å²) in [6.07, 6.45) is 0.439. The van der Waals surface area contributed by atoms with Crippen LogP contribution in [0.15, 0.2) is 10.9 Å². The Labute approximate surface area is 86.3 Å². The number of thiazole rings is 1. The van der Waals surface area contributed by atoms with Gasteiger partial charge in [0.2, 0.25) is 0 Å². The first-order valence-electron chi connectivity index (χ1n) is 4.60. The van der Waals surface area contributed by atoms with E-state index in [1.54, 1.807) is 10.9 Å². The highest BCUT2D eigenvalue weighted by molar-refractivity contribution is 7.07. The van der Waals surface area contributed by atoms with E-state index in [-0.39, 0.29) is 11.9 Å². The third-order valence-corrected chi connectivity index (χ3v) is 2.72. The monoisotopic (exact) mass is 212 g/mol. The molecule has 4 nitrogen and oxygen atoms in total. The Morgan fingerprint density at radius 3 is 3.36 bits per heavy atom. The van der Waals surface area contributed by atoms with E-state index in [4.69, 9.17) is 4.74 Å². The lowest BCUT2D eigenvalue weighted by atomic mass is 10.1. The molecule has 1 fully saturated rings. The van der Waals surface area contributed by atoms with Crippen molar-refractivity contribution >= 4 is 17.1 Å². The van der Waals surface area contributed by atoms with Crippen LogP contribution in [0, 0.1) is 0 Å². The van der Waals surface area contributed by atoms with Gasteiger partial charge in [0.1, 0.15) is 5.69 Å². The second-order valence-corrected chi connectivity index (χ2v) is 3.92. The number of morpholine rings is 1. The minimum absolute atomic E-state index is 0.0120. The molecule has 1 atom stereocenters. The van der Waals surface area contributed by atoms with E-state index in [0.29, 0.717) is 18.7 Å². The highest BCUT2D eigenvalue weighted by Gasteiger charge is 2.18. The first-order valence-corrected chi connectivity index (χ1v) is 5.54. The van der Waals surface area contributed by atoms with Crippen molar-refractivity contribution in [2.45, 2.75) is 12.5 Å². The number of nitrogens with one attached hydrogen (secondary N) is 1. The number of rotatable bonds is 3. The summed E-state index contributed by atoms with van der Waals surface area (Å²) in [4.78, 5) is 15.6. The lowest BCUT2D eigenvalue weighted by molar-refractivity contribution is 0.0239. The van der Waals surface area contributed by atoms with E-state index in [1.807, 2.05) is 0 Å².